The van der Waals surface area contributed by atoms with Crippen LogP contribution in [0.5, 0.6) is 11.6 Å². The van der Waals surface area contributed by atoms with E-state index < -0.39 is 5.60 Å². The van der Waals surface area contributed by atoms with E-state index in [1.807, 2.05) is 29.8 Å². The second-order valence-electron chi connectivity index (χ2n) is 10.1. The summed E-state index contributed by atoms with van der Waals surface area (Å²) in [6, 6.07) is 5.83. The average molecular weight is 499 g/mol. The van der Waals surface area contributed by atoms with Crippen molar-refractivity contribution in [2.75, 3.05) is 26.2 Å². The Labute approximate surface area is 209 Å². The molecular formula is C25H31ClN6O3. The molecule has 0 radical (unpaired) electrons. The normalized spacial score (nSPS) is 17.2. The van der Waals surface area contributed by atoms with Gasteiger partial charge >= 0.3 is 0 Å². The maximum atomic E-state index is 12.4. The number of halogens is 1. The molecule has 0 unspecified atom stereocenters. The van der Waals surface area contributed by atoms with E-state index in [0.29, 0.717) is 55.3 Å². The van der Waals surface area contributed by atoms with Crippen LogP contribution >= 0.6 is 11.6 Å². The molecule has 186 valence electrons. The molecule has 0 atom stereocenters. The van der Waals surface area contributed by atoms with Crippen LogP contribution < -0.4 is 4.74 Å². The number of aryl methyl sites for hydroxylation is 1. The zero-order valence-corrected chi connectivity index (χ0v) is 21.1. The molecule has 1 aliphatic carbocycles. The van der Waals surface area contributed by atoms with Crippen LogP contribution in [0.2, 0.25) is 5.02 Å². The summed E-state index contributed by atoms with van der Waals surface area (Å²) in [7, 11) is 0. The highest BCUT2D eigenvalue weighted by Crippen LogP contribution is 2.34. The molecule has 5 rings (SSSR count). The third kappa shape index (κ3) is 5.27. The maximum Gasteiger partial charge on any atom is 0.254 e. The Hall–Kier alpha value is -2.75. The van der Waals surface area contributed by atoms with Crippen molar-refractivity contribution in [2.45, 2.75) is 52.3 Å². The number of piperazine rings is 1. The standard InChI is InChI=1S/C25H31ClN6O3/c1-16-21(7-6-20-22(16)28-29-32(20)14-17-4-5-17)35-23-18(12-19(26)13-27-23)15-30-8-10-31(11-9-30)24(33)25(2,3)34/h6-7,12-13,17,34H,4-5,8-11,14-15H2,1-3H3. The molecule has 35 heavy (non-hydrogen) atoms. The molecule has 3 aromatic rings. The number of hydrogen-bond acceptors (Lipinski definition) is 7. The summed E-state index contributed by atoms with van der Waals surface area (Å²) >= 11 is 6.27. The van der Waals surface area contributed by atoms with E-state index in [2.05, 4.69) is 20.2 Å². The van der Waals surface area contributed by atoms with Gasteiger partial charge in [-0.2, -0.15) is 0 Å². The van der Waals surface area contributed by atoms with Gasteiger partial charge in [-0.05, 0) is 57.7 Å². The van der Waals surface area contributed by atoms with Gasteiger partial charge in [0, 0.05) is 56.6 Å². The third-order valence-electron chi connectivity index (χ3n) is 6.69. The Morgan fingerprint density at radius 2 is 1.97 bits per heavy atom. The van der Waals surface area contributed by atoms with Crippen LogP contribution in [0, 0.1) is 12.8 Å². The van der Waals surface area contributed by atoms with Crippen molar-refractivity contribution < 1.29 is 14.6 Å². The summed E-state index contributed by atoms with van der Waals surface area (Å²) < 4.78 is 8.26. The summed E-state index contributed by atoms with van der Waals surface area (Å²) in [6.07, 6.45) is 4.11. The molecule has 1 aromatic carbocycles. The smallest absolute Gasteiger partial charge is 0.254 e. The predicted octanol–water partition coefficient (Wildman–Crippen LogP) is 3.41. The highest BCUT2D eigenvalue weighted by Gasteiger charge is 2.31. The Balaban J connectivity index is 1.31. The fourth-order valence-electron chi connectivity index (χ4n) is 4.45. The molecular weight excluding hydrogens is 468 g/mol. The number of amides is 1. The van der Waals surface area contributed by atoms with Crippen molar-refractivity contribution >= 4 is 28.5 Å². The van der Waals surface area contributed by atoms with Gasteiger partial charge in [0.25, 0.3) is 5.91 Å². The summed E-state index contributed by atoms with van der Waals surface area (Å²) in [5, 5.41) is 19.3. The minimum atomic E-state index is -1.36. The molecule has 9 nitrogen and oxygen atoms in total. The first kappa shape index (κ1) is 24.0. The van der Waals surface area contributed by atoms with Crippen LogP contribution in [0.4, 0.5) is 0 Å². The summed E-state index contributed by atoms with van der Waals surface area (Å²) in [5.41, 5.74) is 2.29. The lowest BCUT2D eigenvalue weighted by Gasteiger charge is -2.37. The first-order chi connectivity index (χ1) is 16.7. The van der Waals surface area contributed by atoms with E-state index in [4.69, 9.17) is 16.3 Å². The van der Waals surface area contributed by atoms with E-state index in [1.165, 1.54) is 26.7 Å². The van der Waals surface area contributed by atoms with E-state index >= 15 is 0 Å². The van der Waals surface area contributed by atoms with Gasteiger partial charge in [-0.3, -0.25) is 9.69 Å². The highest BCUT2D eigenvalue weighted by atomic mass is 35.5. The fourth-order valence-corrected chi connectivity index (χ4v) is 4.63. The number of hydrogen-bond donors (Lipinski definition) is 1. The molecule has 10 heteroatoms. The van der Waals surface area contributed by atoms with Crippen molar-refractivity contribution in [3.63, 3.8) is 0 Å². The lowest BCUT2D eigenvalue weighted by molar-refractivity contribution is -0.149. The Bertz CT molecular complexity index is 1240. The number of pyridine rings is 1. The maximum absolute atomic E-state index is 12.4. The summed E-state index contributed by atoms with van der Waals surface area (Å²) in [4.78, 5) is 20.8. The number of aromatic nitrogens is 4. The molecule has 2 fully saturated rings. The number of aliphatic hydroxyl groups is 1. The largest absolute Gasteiger partial charge is 0.438 e. The van der Waals surface area contributed by atoms with Crippen molar-refractivity contribution in [2.24, 2.45) is 5.92 Å². The highest BCUT2D eigenvalue weighted by molar-refractivity contribution is 6.30. The second kappa shape index (κ2) is 9.37. The van der Waals surface area contributed by atoms with Crippen LogP contribution in [-0.4, -0.2) is 72.6 Å². The van der Waals surface area contributed by atoms with Crippen molar-refractivity contribution in [3.05, 3.63) is 40.5 Å². The Kier molecular flexibility index (Phi) is 6.41. The summed E-state index contributed by atoms with van der Waals surface area (Å²) in [5.74, 6) is 1.66. The first-order valence-electron chi connectivity index (χ1n) is 12.1. The Morgan fingerprint density at radius 1 is 1.23 bits per heavy atom. The van der Waals surface area contributed by atoms with Gasteiger partial charge in [-0.15, -0.1) is 5.10 Å². The number of carbonyl (C=O) groups is 1. The molecule has 3 heterocycles. The Morgan fingerprint density at radius 3 is 2.66 bits per heavy atom. The van der Waals surface area contributed by atoms with Gasteiger partial charge in [0.05, 0.1) is 10.5 Å². The molecule has 1 amide bonds. The van der Waals surface area contributed by atoms with E-state index in [-0.39, 0.29) is 5.91 Å². The zero-order chi connectivity index (χ0) is 24.7. The van der Waals surface area contributed by atoms with Gasteiger partial charge in [0.2, 0.25) is 5.88 Å². The van der Waals surface area contributed by atoms with Crippen LogP contribution in [0.25, 0.3) is 11.0 Å². The number of nitrogens with zero attached hydrogens (tertiary/aromatic N) is 6. The van der Waals surface area contributed by atoms with Gasteiger partial charge in [0.15, 0.2) is 0 Å². The molecule has 0 bridgehead atoms. The quantitative estimate of drug-likeness (QED) is 0.533. The fraction of sp³-hybridized carbons (Fsp3) is 0.520. The SMILES string of the molecule is Cc1c(Oc2ncc(Cl)cc2CN2CCN(C(=O)C(C)(C)O)CC2)ccc2c1nnn2CC1CC1. The number of fused-ring (bicyclic) bond motifs is 1. The van der Waals surface area contributed by atoms with Crippen molar-refractivity contribution in [1.29, 1.82) is 0 Å². The molecule has 1 saturated heterocycles. The first-order valence-corrected chi connectivity index (χ1v) is 12.5. The number of rotatable bonds is 7. The topological polar surface area (TPSA) is 96.6 Å². The van der Waals surface area contributed by atoms with E-state index in [0.717, 1.165) is 28.7 Å². The van der Waals surface area contributed by atoms with E-state index in [9.17, 15) is 9.90 Å². The lowest BCUT2D eigenvalue weighted by atomic mass is 10.1. The molecule has 2 aromatic heterocycles. The zero-order valence-electron chi connectivity index (χ0n) is 20.4. The minimum absolute atomic E-state index is 0.245. The average Bonchev–Trinajstić information content (AvgIpc) is 3.54. The van der Waals surface area contributed by atoms with Gasteiger partial charge in [-0.1, -0.05) is 16.8 Å². The number of carbonyl (C=O) groups excluding carboxylic acids is 1. The van der Waals surface area contributed by atoms with Gasteiger partial charge in [0.1, 0.15) is 16.9 Å². The van der Waals surface area contributed by atoms with Crippen LogP contribution in [0.3, 0.4) is 0 Å². The van der Waals surface area contributed by atoms with Crippen LogP contribution in [-0.2, 0) is 17.9 Å². The minimum Gasteiger partial charge on any atom is -0.438 e. The summed E-state index contributed by atoms with van der Waals surface area (Å²) in [6.45, 7) is 9.01. The number of benzene rings is 1. The van der Waals surface area contributed by atoms with Crippen molar-refractivity contribution in [1.82, 2.24) is 29.8 Å². The van der Waals surface area contributed by atoms with Gasteiger partial charge in [-0.25, -0.2) is 9.67 Å². The van der Waals surface area contributed by atoms with Gasteiger partial charge < -0.3 is 14.7 Å². The molecule has 0 spiro atoms. The van der Waals surface area contributed by atoms with E-state index in [1.54, 1.807) is 11.1 Å². The van der Waals surface area contributed by atoms with Crippen LogP contribution in [0.1, 0.15) is 37.8 Å². The van der Waals surface area contributed by atoms with Crippen LogP contribution in [0.15, 0.2) is 24.4 Å². The second-order valence-corrected chi connectivity index (χ2v) is 10.6. The third-order valence-corrected chi connectivity index (χ3v) is 6.90. The number of ether oxygens (including phenoxy) is 1. The molecule has 1 aliphatic heterocycles. The monoisotopic (exact) mass is 498 g/mol. The predicted molar refractivity (Wildman–Crippen MR) is 132 cm³/mol. The molecule has 2 aliphatic rings. The lowest BCUT2D eigenvalue weighted by Crippen LogP contribution is -2.53. The molecule has 1 N–H and O–H groups in total. The van der Waals surface area contributed by atoms with Crippen molar-refractivity contribution in [3.8, 4) is 11.6 Å². The molecule has 1 saturated carbocycles.